The van der Waals surface area contributed by atoms with Crippen LogP contribution in [0.25, 0.3) is 0 Å². The van der Waals surface area contributed by atoms with Gasteiger partial charge in [-0.25, -0.2) is 30.3 Å². The molecule has 0 fully saturated rings. The highest BCUT2D eigenvalue weighted by Gasteiger charge is 2.32. The van der Waals surface area contributed by atoms with Gasteiger partial charge in [0, 0.05) is 17.1 Å². The average molecular weight is 467 g/mol. The number of benzene rings is 2. The van der Waals surface area contributed by atoms with Crippen LogP contribution in [0.4, 0.5) is 14.5 Å². The predicted octanol–water partition coefficient (Wildman–Crippen LogP) is 3.53. The van der Waals surface area contributed by atoms with Gasteiger partial charge in [-0.3, -0.25) is 4.31 Å². The van der Waals surface area contributed by atoms with Crippen LogP contribution in [-0.4, -0.2) is 35.7 Å². The maximum Gasteiger partial charge on any atom is 0.264 e. The largest absolute Gasteiger partial charge is 0.264 e. The van der Waals surface area contributed by atoms with Crippen LogP contribution in [0.2, 0.25) is 5.02 Å². The normalized spacial score (nSPS) is 13.3. The van der Waals surface area contributed by atoms with E-state index in [0.717, 1.165) is 22.5 Å². The Morgan fingerprint density at radius 3 is 2.28 bits per heavy atom. The van der Waals surface area contributed by atoms with Gasteiger partial charge in [-0.2, -0.15) is 0 Å². The molecule has 0 aliphatic rings. The summed E-state index contributed by atoms with van der Waals surface area (Å²) < 4.78 is 80.8. The van der Waals surface area contributed by atoms with Crippen molar-refractivity contribution in [3.63, 3.8) is 0 Å². The number of halogens is 3. The smallest absolute Gasteiger partial charge is 0.260 e. The second-order valence-electron chi connectivity index (χ2n) is 6.36. The lowest BCUT2D eigenvalue weighted by Crippen LogP contribution is -2.39. The number of sulfonamides is 2. The molecular formula is C18H21ClF2N2O4S2. The Morgan fingerprint density at radius 1 is 1.07 bits per heavy atom. The monoisotopic (exact) mass is 466 g/mol. The van der Waals surface area contributed by atoms with Gasteiger partial charge in [0.1, 0.15) is 11.6 Å². The zero-order valence-corrected chi connectivity index (χ0v) is 18.2. The van der Waals surface area contributed by atoms with Crippen LogP contribution in [0.1, 0.15) is 19.8 Å². The first-order valence-corrected chi connectivity index (χ1v) is 12.1. The first kappa shape index (κ1) is 23.5. The number of rotatable bonds is 9. The zero-order valence-electron chi connectivity index (χ0n) is 15.8. The first-order valence-electron chi connectivity index (χ1n) is 8.64. The molecule has 0 aromatic heterocycles. The highest BCUT2D eigenvalue weighted by Crippen LogP contribution is 2.31. The molecule has 1 N–H and O–H groups in total. The Bertz CT molecular complexity index is 1060. The van der Waals surface area contributed by atoms with Crippen molar-refractivity contribution in [3.05, 3.63) is 59.1 Å². The number of anilines is 1. The fourth-order valence-corrected chi connectivity index (χ4v) is 5.33. The molecule has 0 saturated carbocycles. The van der Waals surface area contributed by atoms with E-state index in [2.05, 4.69) is 4.72 Å². The van der Waals surface area contributed by atoms with Gasteiger partial charge in [-0.15, -0.1) is 0 Å². The van der Waals surface area contributed by atoms with Crippen molar-refractivity contribution in [2.45, 2.75) is 30.7 Å². The zero-order chi connectivity index (χ0) is 21.8. The summed E-state index contributed by atoms with van der Waals surface area (Å²) in [6.07, 6.45) is 0.220. The van der Waals surface area contributed by atoms with Crippen molar-refractivity contribution in [1.82, 2.24) is 4.72 Å². The highest BCUT2D eigenvalue weighted by atomic mass is 35.5. The van der Waals surface area contributed by atoms with E-state index in [0.29, 0.717) is 5.02 Å². The average Bonchev–Trinajstić information content (AvgIpc) is 2.65. The van der Waals surface area contributed by atoms with Crippen molar-refractivity contribution in [2.75, 3.05) is 17.1 Å². The minimum atomic E-state index is -4.28. The van der Waals surface area contributed by atoms with Crippen LogP contribution >= 0.6 is 11.6 Å². The summed E-state index contributed by atoms with van der Waals surface area (Å²) in [5.74, 6) is -1.95. The third-order valence-electron chi connectivity index (χ3n) is 4.26. The number of nitrogens with one attached hydrogen (secondary N) is 1. The quantitative estimate of drug-likeness (QED) is 0.612. The van der Waals surface area contributed by atoms with Gasteiger partial charge in [0.15, 0.2) is 0 Å². The molecule has 1 atom stereocenters. The van der Waals surface area contributed by atoms with Gasteiger partial charge in [-0.1, -0.05) is 11.6 Å². The van der Waals surface area contributed by atoms with E-state index in [9.17, 15) is 25.6 Å². The summed E-state index contributed by atoms with van der Waals surface area (Å²) in [4.78, 5) is -0.153. The molecule has 0 saturated heterocycles. The van der Waals surface area contributed by atoms with E-state index in [1.165, 1.54) is 38.2 Å². The fraction of sp³-hybridized carbons (Fsp3) is 0.333. The molecule has 0 heterocycles. The Kier molecular flexibility index (Phi) is 7.61. The fourth-order valence-electron chi connectivity index (χ4n) is 2.77. The molecule has 160 valence electrons. The van der Waals surface area contributed by atoms with E-state index >= 15 is 0 Å². The molecule has 0 aliphatic heterocycles. The number of hydrogen-bond donors (Lipinski definition) is 1. The summed E-state index contributed by atoms with van der Waals surface area (Å²) in [5, 5.41) is 0.317. The standard InChI is InChI=1S/C18H21ClF2N2O4S2/c1-13(4-3-11-28(24,25)22-2)23(18-12-15(20)7-10-17(18)21)29(26,27)16-8-5-14(19)6-9-16/h5-10,12-13,22H,3-4,11H2,1-2H3/t13-/m1/s1. The summed E-state index contributed by atoms with van der Waals surface area (Å²) >= 11 is 5.81. The minimum Gasteiger partial charge on any atom is -0.260 e. The third-order valence-corrected chi connectivity index (χ3v) is 7.90. The van der Waals surface area contributed by atoms with Gasteiger partial charge in [-0.05, 0) is 63.2 Å². The van der Waals surface area contributed by atoms with Crippen LogP contribution in [0.3, 0.4) is 0 Å². The van der Waals surface area contributed by atoms with Gasteiger partial charge < -0.3 is 0 Å². The van der Waals surface area contributed by atoms with Gasteiger partial charge in [0.25, 0.3) is 10.0 Å². The first-order chi connectivity index (χ1) is 13.5. The van der Waals surface area contributed by atoms with Gasteiger partial charge in [0.2, 0.25) is 10.0 Å². The Morgan fingerprint density at radius 2 is 1.69 bits per heavy atom. The van der Waals surface area contributed by atoms with Crippen molar-refractivity contribution in [3.8, 4) is 0 Å². The second-order valence-corrected chi connectivity index (χ2v) is 10.7. The summed E-state index contributed by atoms with van der Waals surface area (Å²) in [6, 6.07) is 6.95. The maximum absolute atomic E-state index is 14.5. The van der Waals surface area contributed by atoms with Crippen molar-refractivity contribution < 1.29 is 25.6 Å². The number of nitrogens with zero attached hydrogens (tertiary/aromatic N) is 1. The lowest BCUT2D eigenvalue weighted by Gasteiger charge is -2.31. The molecule has 0 radical (unpaired) electrons. The molecular weight excluding hydrogens is 446 g/mol. The molecule has 0 aliphatic carbocycles. The summed E-state index contributed by atoms with van der Waals surface area (Å²) in [5.41, 5.74) is -0.455. The molecule has 2 rings (SSSR count). The molecule has 2 aromatic rings. The van der Waals surface area contributed by atoms with Crippen LogP contribution in [-0.2, 0) is 20.0 Å². The van der Waals surface area contributed by atoms with E-state index in [1.807, 2.05) is 0 Å². The predicted molar refractivity (Wildman–Crippen MR) is 109 cm³/mol. The van der Waals surface area contributed by atoms with Crippen molar-refractivity contribution in [2.24, 2.45) is 0 Å². The molecule has 0 amide bonds. The lowest BCUT2D eigenvalue weighted by molar-refractivity contribution is 0.552. The lowest BCUT2D eigenvalue weighted by atomic mass is 10.2. The second kappa shape index (κ2) is 9.38. The minimum absolute atomic E-state index is 0.101. The van der Waals surface area contributed by atoms with E-state index < -0.39 is 43.4 Å². The molecule has 2 aromatic carbocycles. The summed E-state index contributed by atoms with van der Waals surface area (Å²) in [6.45, 7) is 1.50. The number of hydrogen-bond acceptors (Lipinski definition) is 4. The van der Waals surface area contributed by atoms with Crippen molar-refractivity contribution >= 4 is 37.3 Å². The highest BCUT2D eigenvalue weighted by molar-refractivity contribution is 7.92. The van der Waals surface area contributed by atoms with Gasteiger partial charge in [0.05, 0.1) is 16.3 Å². The van der Waals surface area contributed by atoms with E-state index in [1.54, 1.807) is 0 Å². The molecule has 11 heteroatoms. The third kappa shape index (κ3) is 5.88. The topological polar surface area (TPSA) is 83.6 Å². The van der Waals surface area contributed by atoms with Crippen LogP contribution in [0, 0.1) is 11.6 Å². The SMILES string of the molecule is CNS(=O)(=O)CCC[C@@H](C)N(c1cc(F)ccc1F)S(=O)(=O)c1ccc(Cl)cc1. The Labute approximate surface area is 174 Å². The summed E-state index contributed by atoms with van der Waals surface area (Å²) in [7, 11) is -6.48. The molecule has 29 heavy (non-hydrogen) atoms. The maximum atomic E-state index is 14.5. The molecule has 6 nitrogen and oxygen atoms in total. The Balaban J connectivity index is 2.46. The molecule has 0 bridgehead atoms. The van der Waals surface area contributed by atoms with Crippen LogP contribution in [0.5, 0.6) is 0 Å². The molecule has 0 spiro atoms. The Hall–Kier alpha value is -1.75. The van der Waals surface area contributed by atoms with E-state index in [4.69, 9.17) is 11.6 Å². The van der Waals surface area contributed by atoms with Crippen LogP contribution in [0.15, 0.2) is 47.4 Å². The van der Waals surface area contributed by atoms with E-state index in [-0.39, 0.29) is 23.5 Å². The van der Waals surface area contributed by atoms with Crippen LogP contribution < -0.4 is 9.03 Å². The van der Waals surface area contributed by atoms with Gasteiger partial charge >= 0.3 is 0 Å². The van der Waals surface area contributed by atoms with Crippen molar-refractivity contribution in [1.29, 1.82) is 0 Å². The molecule has 0 unspecified atom stereocenters.